The molecule has 20 heavy (non-hydrogen) atoms. The molecule has 116 valence electrons. The van der Waals surface area contributed by atoms with E-state index in [1.165, 1.54) is 0 Å². The van der Waals surface area contributed by atoms with Crippen molar-refractivity contribution in [2.45, 2.75) is 46.1 Å². The Balaban J connectivity index is 2.64. The van der Waals surface area contributed by atoms with Gasteiger partial charge >= 0.3 is 0 Å². The molecule has 2 atom stereocenters. The van der Waals surface area contributed by atoms with Crippen LogP contribution in [-0.4, -0.2) is 61.0 Å². The van der Waals surface area contributed by atoms with Crippen molar-refractivity contribution in [3.63, 3.8) is 0 Å². The van der Waals surface area contributed by atoms with Gasteiger partial charge in [0.15, 0.2) is 0 Å². The lowest BCUT2D eigenvalue weighted by Gasteiger charge is -2.26. The van der Waals surface area contributed by atoms with Crippen LogP contribution in [0.5, 0.6) is 0 Å². The molecule has 1 heterocycles. The van der Waals surface area contributed by atoms with Crippen LogP contribution in [0.4, 0.5) is 0 Å². The van der Waals surface area contributed by atoms with Gasteiger partial charge in [-0.1, -0.05) is 13.8 Å². The van der Waals surface area contributed by atoms with Crippen molar-refractivity contribution in [2.75, 3.05) is 33.4 Å². The number of ether oxygens (including phenoxy) is 1. The van der Waals surface area contributed by atoms with Gasteiger partial charge in [0.05, 0.1) is 18.6 Å². The first-order chi connectivity index (χ1) is 9.54. The number of hydrogen-bond acceptors (Lipinski definition) is 3. The second kappa shape index (κ2) is 8.25. The highest BCUT2D eigenvalue weighted by Gasteiger charge is 2.38. The van der Waals surface area contributed by atoms with E-state index in [1.807, 2.05) is 11.8 Å². The number of methoxy groups -OCH3 is 1. The van der Waals surface area contributed by atoms with Gasteiger partial charge in [-0.05, 0) is 19.8 Å². The molecule has 0 aromatic heterocycles. The Hall–Kier alpha value is -1.10. The Kier molecular flexibility index (Phi) is 6.99. The van der Waals surface area contributed by atoms with Gasteiger partial charge in [-0.3, -0.25) is 9.59 Å². The van der Waals surface area contributed by atoms with E-state index in [0.29, 0.717) is 19.6 Å². The summed E-state index contributed by atoms with van der Waals surface area (Å²) < 4.78 is 5.10. The first kappa shape index (κ1) is 17.0. The lowest BCUT2D eigenvalue weighted by atomic mass is 10.1. The molecule has 0 aromatic carbocycles. The van der Waals surface area contributed by atoms with Crippen molar-refractivity contribution in [1.82, 2.24) is 9.80 Å². The van der Waals surface area contributed by atoms with Gasteiger partial charge in [0, 0.05) is 33.2 Å². The lowest BCUT2D eigenvalue weighted by Crippen LogP contribution is -2.40. The second-order valence-corrected chi connectivity index (χ2v) is 5.58. The van der Waals surface area contributed by atoms with E-state index >= 15 is 0 Å². The minimum atomic E-state index is -0.181. The highest BCUT2D eigenvalue weighted by Crippen LogP contribution is 2.22. The molecule has 0 aliphatic carbocycles. The molecule has 5 nitrogen and oxygen atoms in total. The molecule has 0 aromatic rings. The number of carbonyl (C=O) groups excluding carboxylic acids is 2. The zero-order chi connectivity index (χ0) is 15.1. The minimum Gasteiger partial charge on any atom is -0.383 e. The van der Waals surface area contributed by atoms with E-state index in [4.69, 9.17) is 4.74 Å². The third-order valence-electron chi connectivity index (χ3n) is 3.75. The molecule has 0 unspecified atom stereocenters. The van der Waals surface area contributed by atoms with Gasteiger partial charge in [-0.2, -0.15) is 0 Å². The van der Waals surface area contributed by atoms with Crippen LogP contribution in [0.1, 0.15) is 40.0 Å². The van der Waals surface area contributed by atoms with Crippen molar-refractivity contribution >= 4 is 11.8 Å². The fraction of sp³-hybridized carbons (Fsp3) is 0.867. The summed E-state index contributed by atoms with van der Waals surface area (Å²) in [6.45, 7) is 8.72. The molecule has 1 saturated heterocycles. The Morgan fingerprint density at radius 2 is 2.00 bits per heavy atom. The first-order valence-corrected chi connectivity index (χ1v) is 7.62. The topological polar surface area (TPSA) is 49.9 Å². The molecule has 2 amide bonds. The van der Waals surface area contributed by atoms with E-state index in [1.54, 1.807) is 12.0 Å². The van der Waals surface area contributed by atoms with Crippen LogP contribution >= 0.6 is 0 Å². The fourth-order valence-corrected chi connectivity index (χ4v) is 2.78. The van der Waals surface area contributed by atoms with Gasteiger partial charge in [0.1, 0.15) is 0 Å². The van der Waals surface area contributed by atoms with E-state index in [-0.39, 0.29) is 23.8 Å². The molecule has 0 radical (unpaired) electrons. The molecule has 0 saturated carbocycles. The normalized spacial score (nSPS) is 20.3. The average molecular weight is 284 g/mol. The molecule has 1 aliphatic rings. The van der Waals surface area contributed by atoms with Crippen molar-refractivity contribution < 1.29 is 14.3 Å². The number of amides is 2. The second-order valence-electron chi connectivity index (χ2n) is 5.58. The minimum absolute atomic E-state index is 0.0381. The maximum atomic E-state index is 12.5. The van der Waals surface area contributed by atoms with Crippen LogP contribution in [0.25, 0.3) is 0 Å². The number of likely N-dealkylation sites (tertiary alicyclic amines) is 1. The standard InChI is InChI=1S/C15H28N2O3/c1-5-7-16(8-6-2)15(19)13-9-14(18)17(10-13)12(3)11-20-4/h12-13H,5-11H2,1-4H3/t12-,13+/m0/s1. The van der Waals surface area contributed by atoms with Gasteiger partial charge < -0.3 is 14.5 Å². The van der Waals surface area contributed by atoms with E-state index in [0.717, 1.165) is 25.9 Å². The summed E-state index contributed by atoms with van der Waals surface area (Å²) in [6.07, 6.45) is 2.25. The van der Waals surface area contributed by atoms with Crippen molar-refractivity contribution in [2.24, 2.45) is 5.92 Å². The monoisotopic (exact) mass is 284 g/mol. The maximum Gasteiger partial charge on any atom is 0.227 e. The summed E-state index contributed by atoms with van der Waals surface area (Å²) in [5.74, 6) is 0.0231. The van der Waals surface area contributed by atoms with Crippen LogP contribution in [-0.2, 0) is 14.3 Å². The van der Waals surface area contributed by atoms with Gasteiger partial charge in [-0.15, -0.1) is 0 Å². The van der Waals surface area contributed by atoms with Gasteiger partial charge in [0.2, 0.25) is 11.8 Å². The molecular weight excluding hydrogens is 256 g/mol. The predicted octanol–water partition coefficient (Wildman–Crippen LogP) is 1.52. The fourth-order valence-electron chi connectivity index (χ4n) is 2.78. The summed E-state index contributed by atoms with van der Waals surface area (Å²) in [5.41, 5.74) is 0. The van der Waals surface area contributed by atoms with Crippen LogP contribution in [0, 0.1) is 5.92 Å². The summed E-state index contributed by atoms with van der Waals surface area (Å²) in [7, 11) is 1.63. The predicted molar refractivity (Wildman–Crippen MR) is 78.3 cm³/mol. The molecule has 0 bridgehead atoms. The third kappa shape index (κ3) is 4.20. The molecule has 0 spiro atoms. The number of nitrogens with zero attached hydrogens (tertiary/aromatic N) is 2. The van der Waals surface area contributed by atoms with Crippen LogP contribution in [0.3, 0.4) is 0 Å². The SMILES string of the molecule is CCCN(CCC)C(=O)[C@@H]1CC(=O)N([C@@H](C)COC)C1. The number of hydrogen-bond donors (Lipinski definition) is 0. The Morgan fingerprint density at radius 1 is 1.40 bits per heavy atom. The van der Waals surface area contributed by atoms with Crippen molar-refractivity contribution in [1.29, 1.82) is 0 Å². The summed E-state index contributed by atoms with van der Waals surface area (Å²) in [6, 6.07) is 0.0381. The van der Waals surface area contributed by atoms with Gasteiger partial charge in [-0.25, -0.2) is 0 Å². The Morgan fingerprint density at radius 3 is 2.50 bits per heavy atom. The molecular formula is C15H28N2O3. The van der Waals surface area contributed by atoms with Crippen LogP contribution in [0.2, 0.25) is 0 Å². The smallest absolute Gasteiger partial charge is 0.227 e. The largest absolute Gasteiger partial charge is 0.383 e. The van der Waals surface area contributed by atoms with E-state index in [9.17, 15) is 9.59 Å². The lowest BCUT2D eigenvalue weighted by molar-refractivity contribution is -0.136. The van der Waals surface area contributed by atoms with E-state index < -0.39 is 0 Å². The zero-order valence-corrected chi connectivity index (χ0v) is 13.2. The Bertz CT molecular complexity index is 327. The summed E-state index contributed by atoms with van der Waals surface area (Å²) in [4.78, 5) is 28.2. The summed E-state index contributed by atoms with van der Waals surface area (Å²) in [5, 5.41) is 0. The van der Waals surface area contributed by atoms with Crippen LogP contribution in [0.15, 0.2) is 0 Å². The molecule has 5 heteroatoms. The molecule has 0 N–H and O–H groups in total. The average Bonchev–Trinajstić information content (AvgIpc) is 2.80. The Labute approximate surface area is 122 Å². The first-order valence-electron chi connectivity index (χ1n) is 7.62. The number of carbonyl (C=O) groups is 2. The maximum absolute atomic E-state index is 12.5. The summed E-state index contributed by atoms with van der Waals surface area (Å²) >= 11 is 0. The highest BCUT2D eigenvalue weighted by molar-refractivity contribution is 5.89. The quantitative estimate of drug-likeness (QED) is 0.679. The number of rotatable bonds is 8. The zero-order valence-electron chi connectivity index (χ0n) is 13.2. The van der Waals surface area contributed by atoms with E-state index in [2.05, 4.69) is 13.8 Å². The highest BCUT2D eigenvalue weighted by atomic mass is 16.5. The van der Waals surface area contributed by atoms with Crippen molar-refractivity contribution in [3.05, 3.63) is 0 Å². The van der Waals surface area contributed by atoms with Crippen LogP contribution < -0.4 is 0 Å². The van der Waals surface area contributed by atoms with Gasteiger partial charge in [0.25, 0.3) is 0 Å². The molecule has 1 fully saturated rings. The molecule has 1 rings (SSSR count). The molecule has 1 aliphatic heterocycles. The third-order valence-corrected chi connectivity index (χ3v) is 3.75. The van der Waals surface area contributed by atoms with Crippen molar-refractivity contribution in [3.8, 4) is 0 Å².